The third-order valence-electron chi connectivity index (χ3n) is 3.55. The maximum Gasteiger partial charge on any atom is 0.243 e. The average molecular weight is 459 g/mol. The lowest BCUT2D eigenvalue weighted by atomic mass is 10.0. The van der Waals surface area contributed by atoms with Crippen LogP contribution in [-0.2, 0) is 16.0 Å². The van der Waals surface area contributed by atoms with Gasteiger partial charge < -0.3 is 16.4 Å². The molecule has 0 aliphatic heterocycles. The van der Waals surface area contributed by atoms with Crippen molar-refractivity contribution in [3.63, 3.8) is 0 Å². The highest BCUT2D eigenvalue weighted by molar-refractivity contribution is 14.1. The van der Waals surface area contributed by atoms with E-state index in [1.807, 2.05) is 58.9 Å². The molecule has 5 nitrogen and oxygen atoms in total. The Morgan fingerprint density at radius 2 is 1.68 bits per heavy atom. The number of carbonyl (C=O) groups excluding carboxylic acids is 2. The zero-order valence-corrected chi connectivity index (χ0v) is 17.9. The minimum atomic E-state index is -0.648. The average Bonchev–Trinajstić information content (AvgIpc) is 2.46. The van der Waals surface area contributed by atoms with Crippen LogP contribution in [0.3, 0.4) is 0 Å². The Balaban J connectivity index is 2.88. The van der Waals surface area contributed by atoms with E-state index >= 15 is 0 Å². The third kappa shape index (κ3) is 8.67. The van der Waals surface area contributed by atoms with Crippen molar-refractivity contribution in [2.75, 3.05) is 0 Å². The highest BCUT2D eigenvalue weighted by Gasteiger charge is 2.27. The van der Waals surface area contributed by atoms with E-state index in [0.717, 1.165) is 9.13 Å². The van der Waals surface area contributed by atoms with Crippen molar-refractivity contribution in [1.82, 2.24) is 10.6 Å². The fourth-order valence-electron chi connectivity index (χ4n) is 2.42. The largest absolute Gasteiger partial charge is 0.350 e. The summed E-state index contributed by atoms with van der Waals surface area (Å²) in [5.74, 6) is -0.164. The summed E-state index contributed by atoms with van der Waals surface area (Å²) in [6, 6.07) is 6.66. The van der Waals surface area contributed by atoms with Gasteiger partial charge in [0.1, 0.15) is 6.04 Å². The van der Waals surface area contributed by atoms with E-state index in [4.69, 9.17) is 5.73 Å². The molecule has 1 rings (SSSR count). The highest BCUT2D eigenvalue weighted by atomic mass is 127. The molecule has 0 aromatic heterocycles. The van der Waals surface area contributed by atoms with Crippen molar-refractivity contribution in [2.45, 2.75) is 65.1 Å². The van der Waals surface area contributed by atoms with Crippen molar-refractivity contribution < 1.29 is 9.59 Å². The molecule has 1 aromatic rings. The van der Waals surface area contributed by atoms with E-state index in [2.05, 4.69) is 33.2 Å². The lowest BCUT2D eigenvalue weighted by molar-refractivity contribution is -0.130. The van der Waals surface area contributed by atoms with E-state index in [1.54, 1.807) is 0 Å². The van der Waals surface area contributed by atoms with Crippen molar-refractivity contribution in [3.8, 4) is 0 Å². The normalized spacial score (nSPS) is 14.1. The van der Waals surface area contributed by atoms with Crippen LogP contribution in [0.4, 0.5) is 0 Å². The van der Waals surface area contributed by atoms with Gasteiger partial charge in [-0.3, -0.25) is 9.59 Å². The van der Waals surface area contributed by atoms with Gasteiger partial charge in [-0.1, -0.05) is 26.0 Å². The van der Waals surface area contributed by atoms with Gasteiger partial charge in [-0.05, 0) is 73.4 Å². The Kier molecular flexibility index (Phi) is 8.34. The van der Waals surface area contributed by atoms with Gasteiger partial charge in [0.2, 0.25) is 11.8 Å². The van der Waals surface area contributed by atoms with Crippen LogP contribution in [0, 0.1) is 9.49 Å². The first-order valence-electron chi connectivity index (χ1n) is 8.60. The minimum absolute atomic E-state index is 0.198. The molecular formula is C19H30IN3O2. The molecule has 0 radical (unpaired) electrons. The summed E-state index contributed by atoms with van der Waals surface area (Å²) in [5.41, 5.74) is 6.59. The number of nitrogens with two attached hydrogens (primary N) is 1. The summed E-state index contributed by atoms with van der Waals surface area (Å²) >= 11 is 2.24. The van der Waals surface area contributed by atoms with Gasteiger partial charge >= 0.3 is 0 Å². The molecule has 2 amide bonds. The first-order valence-corrected chi connectivity index (χ1v) is 9.68. The molecule has 25 heavy (non-hydrogen) atoms. The molecule has 0 bridgehead atoms. The van der Waals surface area contributed by atoms with E-state index in [-0.39, 0.29) is 17.4 Å². The molecule has 0 saturated carbocycles. The van der Waals surface area contributed by atoms with Gasteiger partial charge in [-0.25, -0.2) is 0 Å². The van der Waals surface area contributed by atoms with Crippen LogP contribution in [0.2, 0.25) is 0 Å². The smallest absolute Gasteiger partial charge is 0.243 e. The Bertz CT molecular complexity index is 579. The number of hydrogen-bond acceptors (Lipinski definition) is 3. The fourth-order valence-corrected chi connectivity index (χ4v) is 2.78. The summed E-state index contributed by atoms with van der Waals surface area (Å²) in [7, 11) is 0. The molecule has 1 aromatic carbocycles. The molecule has 0 aliphatic rings. The lowest BCUT2D eigenvalue weighted by Crippen LogP contribution is -2.55. The molecule has 0 heterocycles. The number of amides is 2. The van der Waals surface area contributed by atoms with E-state index < -0.39 is 12.1 Å². The minimum Gasteiger partial charge on any atom is -0.350 e. The molecule has 6 heteroatoms. The standard InChI is InChI=1S/C19H30IN3O2/c1-12(2)10-15(21)17(24)22-16(18(25)23-19(3,4)5)11-13-6-8-14(20)9-7-13/h6-9,12,15-16H,10-11,21H2,1-5H3,(H,22,24)(H,23,25). The molecule has 0 aliphatic carbocycles. The van der Waals surface area contributed by atoms with Crippen LogP contribution in [0.15, 0.2) is 24.3 Å². The van der Waals surface area contributed by atoms with Crippen molar-refractivity contribution >= 4 is 34.4 Å². The maximum atomic E-state index is 12.6. The predicted molar refractivity (Wildman–Crippen MR) is 110 cm³/mol. The quantitative estimate of drug-likeness (QED) is 0.549. The number of nitrogens with one attached hydrogen (secondary N) is 2. The monoisotopic (exact) mass is 459 g/mol. The molecule has 140 valence electrons. The van der Waals surface area contributed by atoms with Gasteiger partial charge in [0.15, 0.2) is 0 Å². The van der Waals surface area contributed by atoms with Crippen LogP contribution in [-0.4, -0.2) is 29.4 Å². The molecule has 4 N–H and O–H groups in total. The van der Waals surface area contributed by atoms with E-state index in [1.165, 1.54) is 0 Å². The number of rotatable bonds is 7. The van der Waals surface area contributed by atoms with Crippen LogP contribution in [0.1, 0.15) is 46.6 Å². The summed E-state index contributed by atoms with van der Waals surface area (Å²) < 4.78 is 1.13. The molecular weight excluding hydrogens is 429 g/mol. The van der Waals surface area contributed by atoms with Crippen molar-refractivity contribution in [2.24, 2.45) is 11.7 Å². The second-order valence-corrected chi connectivity index (χ2v) is 9.11. The summed E-state index contributed by atoms with van der Waals surface area (Å²) in [4.78, 5) is 25.0. The Labute approximate surface area is 164 Å². The van der Waals surface area contributed by atoms with Crippen LogP contribution < -0.4 is 16.4 Å². The van der Waals surface area contributed by atoms with Crippen LogP contribution in [0.5, 0.6) is 0 Å². The SMILES string of the molecule is CC(C)CC(N)C(=O)NC(Cc1ccc(I)cc1)C(=O)NC(C)(C)C. The summed E-state index contributed by atoms with van der Waals surface area (Å²) in [6.45, 7) is 9.78. The van der Waals surface area contributed by atoms with Crippen LogP contribution in [0.25, 0.3) is 0 Å². The molecule has 2 atom stereocenters. The fraction of sp³-hybridized carbons (Fsp3) is 0.579. The number of benzene rings is 1. The first-order chi connectivity index (χ1) is 11.5. The Morgan fingerprint density at radius 3 is 2.16 bits per heavy atom. The van der Waals surface area contributed by atoms with Gasteiger partial charge in [-0.15, -0.1) is 0 Å². The predicted octanol–water partition coefficient (Wildman–Crippen LogP) is 2.61. The Morgan fingerprint density at radius 1 is 1.12 bits per heavy atom. The zero-order chi connectivity index (χ0) is 19.2. The third-order valence-corrected chi connectivity index (χ3v) is 4.27. The Hall–Kier alpha value is -1.15. The molecule has 2 unspecified atom stereocenters. The van der Waals surface area contributed by atoms with E-state index in [0.29, 0.717) is 18.8 Å². The first kappa shape index (κ1) is 21.9. The van der Waals surface area contributed by atoms with Gasteiger partial charge in [0, 0.05) is 15.5 Å². The van der Waals surface area contributed by atoms with Crippen LogP contribution >= 0.6 is 22.6 Å². The molecule has 0 fully saturated rings. The maximum absolute atomic E-state index is 12.6. The second kappa shape index (κ2) is 9.52. The number of hydrogen-bond donors (Lipinski definition) is 3. The van der Waals surface area contributed by atoms with E-state index in [9.17, 15) is 9.59 Å². The number of halogens is 1. The summed E-state index contributed by atoms with van der Waals surface area (Å²) in [5, 5.41) is 5.77. The van der Waals surface area contributed by atoms with Crippen molar-refractivity contribution in [3.05, 3.63) is 33.4 Å². The summed E-state index contributed by atoms with van der Waals surface area (Å²) in [6.07, 6.45) is 1.02. The topological polar surface area (TPSA) is 84.2 Å². The van der Waals surface area contributed by atoms with Gasteiger partial charge in [-0.2, -0.15) is 0 Å². The lowest BCUT2D eigenvalue weighted by Gasteiger charge is -2.26. The van der Waals surface area contributed by atoms with Gasteiger partial charge in [0.25, 0.3) is 0 Å². The number of carbonyl (C=O) groups is 2. The van der Waals surface area contributed by atoms with Crippen molar-refractivity contribution in [1.29, 1.82) is 0 Å². The molecule has 0 spiro atoms. The van der Waals surface area contributed by atoms with Gasteiger partial charge in [0.05, 0.1) is 6.04 Å². The molecule has 0 saturated heterocycles. The highest BCUT2D eigenvalue weighted by Crippen LogP contribution is 2.11. The zero-order valence-electron chi connectivity index (χ0n) is 15.7. The second-order valence-electron chi connectivity index (χ2n) is 7.87.